The summed E-state index contributed by atoms with van der Waals surface area (Å²) < 4.78 is 5.23. The van der Waals surface area contributed by atoms with E-state index in [0.717, 1.165) is 27.8 Å². The van der Waals surface area contributed by atoms with E-state index in [4.69, 9.17) is 10.5 Å². The van der Waals surface area contributed by atoms with Gasteiger partial charge in [-0.2, -0.15) is 0 Å². The number of pyridine rings is 1. The summed E-state index contributed by atoms with van der Waals surface area (Å²) in [5.74, 6) is 1.52. The molecule has 0 unspecified atom stereocenters. The Kier molecular flexibility index (Phi) is 5.39. The van der Waals surface area contributed by atoms with Crippen molar-refractivity contribution >= 4 is 50.6 Å². The first-order chi connectivity index (χ1) is 16.5. The average Bonchev–Trinajstić information content (AvgIpc) is 2.86. The number of fused-ring (bicyclic) bond motifs is 2. The number of aromatic nitrogens is 3. The Labute approximate surface area is 195 Å². The molecule has 0 atom stereocenters. The van der Waals surface area contributed by atoms with Crippen LogP contribution >= 0.6 is 0 Å². The van der Waals surface area contributed by atoms with E-state index < -0.39 is 0 Å². The van der Waals surface area contributed by atoms with Crippen LogP contribution in [0.15, 0.2) is 73.2 Å². The van der Waals surface area contributed by atoms with Crippen LogP contribution in [0.4, 0.5) is 23.0 Å². The highest BCUT2D eigenvalue weighted by atomic mass is 16.5. The number of nitrogens with one attached hydrogen (secondary N) is 2. The molecule has 168 valence electrons. The van der Waals surface area contributed by atoms with E-state index in [1.165, 1.54) is 6.33 Å². The fourth-order valence-corrected chi connectivity index (χ4v) is 3.91. The van der Waals surface area contributed by atoms with Crippen molar-refractivity contribution in [3.63, 3.8) is 0 Å². The van der Waals surface area contributed by atoms with Gasteiger partial charge in [0.15, 0.2) is 0 Å². The van der Waals surface area contributed by atoms with Crippen LogP contribution in [0.25, 0.3) is 21.7 Å². The van der Waals surface area contributed by atoms with E-state index in [2.05, 4.69) is 25.6 Å². The van der Waals surface area contributed by atoms with Gasteiger partial charge in [0, 0.05) is 28.0 Å². The highest BCUT2D eigenvalue weighted by Gasteiger charge is 2.16. The second-order valence-electron chi connectivity index (χ2n) is 7.78. The Hall–Kier alpha value is -4.72. The van der Waals surface area contributed by atoms with Gasteiger partial charge in [-0.25, -0.2) is 15.0 Å². The smallest absolute Gasteiger partial charge is 0.257 e. The Bertz CT molecular complexity index is 1530. The largest absolute Gasteiger partial charge is 0.497 e. The normalized spacial score (nSPS) is 10.9. The molecular formula is C26H22N6O2. The fourth-order valence-electron chi connectivity index (χ4n) is 3.91. The molecule has 34 heavy (non-hydrogen) atoms. The standard InChI is InChI=1S/C26H22N6O2/c1-15-6-11-19-18(12-13-28-25(19)31-16-7-9-17(34-2)10-8-16)22(15)32-26(33)21-5-3-4-20-23(21)29-14-30-24(20)27/h3-14H,1-2H3,(H,28,31)(H,32,33)(H2,27,29,30). The number of anilines is 4. The first-order valence-corrected chi connectivity index (χ1v) is 10.6. The molecule has 8 nitrogen and oxygen atoms in total. The number of benzene rings is 3. The summed E-state index contributed by atoms with van der Waals surface area (Å²) in [6.07, 6.45) is 3.08. The van der Waals surface area contributed by atoms with E-state index in [-0.39, 0.29) is 5.91 Å². The van der Waals surface area contributed by atoms with Gasteiger partial charge in [-0.3, -0.25) is 4.79 Å². The molecule has 0 aliphatic heterocycles. The van der Waals surface area contributed by atoms with Crippen LogP contribution in [-0.4, -0.2) is 28.0 Å². The van der Waals surface area contributed by atoms with Crippen LogP contribution in [0, 0.1) is 6.92 Å². The highest BCUT2D eigenvalue weighted by molar-refractivity contribution is 6.16. The lowest BCUT2D eigenvalue weighted by atomic mass is 10.0. The molecule has 4 N–H and O–H groups in total. The number of nitrogens with two attached hydrogens (primary N) is 1. The molecule has 0 aliphatic carbocycles. The molecule has 0 saturated carbocycles. The van der Waals surface area contributed by atoms with Crippen LogP contribution in [0.5, 0.6) is 5.75 Å². The Morgan fingerprint density at radius 1 is 0.912 bits per heavy atom. The minimum Gasteiger partial charge on any atom is -0.497 e. The Morgan fingerprint density at radius 2 is 1.74 bits per heavy atom. The van der Waals surface area contributed by atoms with Gasteiger partial charge in [0.1, 0.15) is 23.7 Å². The predicted octanol–water partition coefficient (Wildman–Crippen LogP) is 5.07. The van der Waals surface area contributed by atoms with E-state index in [0.29, 0.717) is 33.8 Å². The lowest BCUT2D eigenvalue weighted by Crippen LogP contribution is -2.14. The minimum atomic E-state index is -0.277. The molecule has 2 heterocycles. The number of carbonyl (C=O) groups excluding carboxylic acids is 1. The van der Waals surface area contributed by atoms with Crippen LogP contribution in [0.3, 0.4) is 0 Å². The van der Waals surface area contributed by atoms with Gasteiger partial charge in [0.2, 0.25) is 0 Å². The maximum Gasteiger partial charge on any atom is 0.257 e. The van der Waals surface area contributed by atoms with Gasteiger partial charge in [-0.05, 0) is 55.0 Å². The molecule has 0 aliphatic rings. The SMILES string of the molecule is COc1ccc(Nc2nccc3c(NC(=O)c4cccc5c(N)ncnc45)c(C)ccc23)cc1. The zero-order valence-electron chi connectivity index (χ0n) is 18.7. The number of methoxy groups -OCH3 is 1. The average molecular weight is 451 g/mol. The van der Waals surface area contributed by atoms with Crippen molar-refractivity contribution in [2.24, 2.45) is 0 Å². The van der Waals surface area contributed by atoms with Crippen molar-refractivity contribution < 1.29 is 9.53 Å². The molecule has 5 aromatic rings. The second-order valence-corrected chi connectivity index (χ2v) is 7.78. The first-order valence-electron chi connectivity index (χ1n) is 10.6. The van der Waals surface area contributed by atoms with Crippen LogP contribution < -0.4 is 21.1 Å². The number of hydrogen-bond donors (Lipinski definition) is 3. The monoisotopic (exact) mass is 450 g/mol. The lowest BCUT2D eigenvalue weighted by molar-refractivity contribution is 0.102. The third kappa shape index (κ3) is 3.81. The van der Waals surface area contributed by atoms with Gasteiger partial charge < -0.3 is 21.1 Å². The molecule has 0 fully saturated rings. The molecule has 2 aromatic heterocycles. The number of rotatable bonds is 5. The number of para-hydroxylation sites is 1. The highest BCUT2D eigenvalue weighted by Crippen LogP contribution is 2.33. The molecule has 5 rings (SSSR count). The van der Waals surface area contributed by atoms with Gasteiger partial charge >= 0.3 is 0 Å². The summed E-state index contributed by atoms with van der Waals surface area (Å²) in [6.45, 7) is 1.95. The summed E-state index contributed by atoms with van der Waals surface area (Å²) >= 11 is 0. The number of nitrogen functional groups attached to an aromatic ring is 1. The van der Waals surface area contributed by atoms with Gasteiger partial charge in [0.25, 0.3) is 5.91 Å². The van der Waals surface area contributed by atoms with Crippen molar-refractivity contribution in [3.05, 3.63) is 84.3 Å². The lowest BCUT2D eigenvalue weighted by Gasteiger charge is -2.15. The van der Waals surface area contributed by atoms with Crippen molar-refractivity contribution in [1.29, 1.82) is 0 Å². The van der Waals surface area contributed by atoms with Crippen LogP contribution in [-0.2, 0) is 0 Å². The second kappa shape index (κ2) is 8.67. The maximum atomic E-state index is 13.3. The number of nitrogens with zero attached hydrogens (tertiary/aromatic N) is 3. The number of hydrogen-bond acceptors (Lipinski definition) is 7. The molecule has 3 aromatic carbocycles. The van der Waals surface area contributed by atoms with Crippen LogP contribution in [0.1, 0.15) is 15.9 Å². The minimum absolute atomic E-state index is 0.277. The zero-order chi connectivity index (χ0) is 23.7. The Morgan fingerprint density at radius 3 is 2.53 bits per heavy atom. The van der Waals surface area contributed by atoms with E-state index in [9.17, 15) is 4.79 Å². The van der Waals surface area contributed by atoms with Gasteiger partial charge in [0.05, 0.1) is 23.9 Å². The van der Waals surface area contributed by atoms with Crippen molar-refractivity contribution in [2.75, 3.05) is 23.5 Å². The quantitative estimate of drug-likeness (QED) is 0.342. The third-order valence-electron chi connectivity index (χ3n) is 5.69. The number of carbonyl (C=O) groups is 1. The molecule has 0 bridgehead atoms. The van der Waals surface area contributed by atoms with E-state index >= 15 is 0 Å². The molecule has 0 radical (unpaired) electrons. The summed E-state index contributed by atoms with van der Waals surface area (Å²) in [5.41, 5.74) is 9.41. The van der Waals surface area contributed by atoms with Gasteiger partial charge in [-0.15, -0.1) is 0 Å². The van der Waals surface area contributed by atoms with Crippen molar-refractivity contribution in [3.8, 4) is 5.75 Å². The van der Waals surface area contributed by atoms with E-state index in [1.54, 1.807) is 31.5 Å². The molecule has 0 spiro atoms. The molecule has 0 saturated heterocycles. The Balaban J connectivity index is 1.53. The van der Waals surface area contributed by atoms with Gasteiger partial charge in [-0.1, -0.05) is 18.2 Å². The number of aryl methyl sites for hydroxylation is 1. The van der Waals surface area contributed by atoms with Crippen molar-refractivity contribution in [2.45, 2.75) is 6.92 Å². The van der Waals surface area contributed by atoms with E-state index in [1.807, 2.05) is 49.4 Å². The summed E-state index contributed by atoms with van der Waals surface area (Å²) in [4.78, 5) is 26.1. The third-order valence-corrected chi connectivity index (χ3v) is 5.69. The zero-order valence-corrected chi connectivity index (χ0v) is 18.7. The number of ether oxygens (including phenoxy) is 1. The summed E-state index contributed by atoms with van der Waals surface area (Å²) in [6, 6.07) is 18.7. The summed E-state index contributed by atoms with van der Waals surface area (Å²) in [7, 11) is 1.63. The van der Waals surface area contributed by atoms with Crippen molar-refractivity contribution in [1.82, 2.24) is 15.0 Å². The molecule has 8 heteroatoms. The molecular weight excluding hydrogens is 428 g/mol. The summed E-state index contributed by atoms with van der Waals surface area (Å²) in [5, 5.41) is 8.81. The maximum absolute atomic E-state index is 13.3. The fraction of sp³-hybridized carbons (Fsp3) is 0.0769. The van der Waals surface area contributed by atoms with Crippen LogP contribution in [0.2, 0.25) is 0 Å². The predicted molar refractivity (Wildman–Crippen MR) is 135 cm³/mol. The first kappa shape index (κ1) is 21.1. The molecule has 1 amide bonds. The topological polar surface area (TPSA) is 115 Å². The number of amides is 1.